The summed E-state index contributed by atoms with van der Waals surface area (Å²) in [7, 11) is 0.803. The van der Waals surface area contributed by atoms with Gasteiger partial charge in [0, 0.05) is 7.11 Å². The Morgan fingerprint density at radius 2 is 1.62 bits per heavy atom. The highest BCUT2D eigenvalue weighted by atomic mass is 19.1. The number of benzene rings is 1. The summed E-state index contributed by atoms with van der Waals surface area (Å²) < 4.78 is 31.7. The van der Waals surface area contributed by atoms with Gasteiger partial charge in [-0.05, 0) is 64.2 Å². The number of rotatable bonds is 4. The molecule has 0 N–H and O–H groups in total. The topological polar surface area (TPSA) is 27.7 Å². The van der Waals surface area contributed by atoms with E-state index >= 15 is 0 Å². The van der Waals surface area contributed by atoms with E-state index in [9.17, 15) is 4.39 Å². The quantitative estimate of drug-likeness (QED) is 0.751. The van der Waals surface area contributed by atoms with Crippen LogP contribution in [0.5, 0.6) is 0 Å². The molecule has 1 saturated carbocycles. The highest BCUT2D eigenvalue weighted by Gasteiger charge is 2.53. The molecule has 1 aliphatic heterocycles. The molecule has 2 fully saturated rings. The number of halogens is 1. The van der Waals surface area contributed by atoms with Gasteiger partial charge < -0.3 is 14.0 Å². The lowest BCUT2D eigenvalue weighted by Gasteiger charge is -2.41. The predicted molar refractivity (Wildman–Crippen MR) is 94.1 cm³/mol. The van der Waals surface area contributed by atoms with Crippen molar-refractivity contribution in [3.8, 4) is 0 Å². The molecule has 2 aliphatic rings. The molecular formula is C19H26BFO3. The Bertz CT molecular complexity index is 611. The average molecular weight is 332 g/mol. The lowest BCUT2D eigenvalue weighted by Crippen LogP contribution is -2.41. The average Bonchev–Trinajstić information content (AvgIpc) is 2.69. The standard InChI is InChI=1S/C19H26BFO3/c1-17(2)18(3,4)24-20(23-17)16(21)13-14-7-9-15(10-8-14)19(22-5)11-6-12-19/h7-10,13H,6,11-12H2,1-5H3. The van der Waals surface area contributed by atoms with Crippen molar-refractivity contribution in [1.29, 1.82) is 0 Å². The van der Waals surface area contributed by atoms with E-state index in [2.05, 4.69) is 0 Å². The third-order valence-corrected chi connectivity index (χ3v) is 5.77. The fraction of sp³-hybridized carbons (Fsp3) is 0.579. The first-order chi connectivity index (χ1) is 11.2. The summed E-state index contributed by atoms with van der Waals surface area (Å²) in [6.07, 6.45) is 4.75. The van der Waals surface area contributed by atoms with Crippen LogP contribution in [0.4, 0.5) is 4.39 Å². The van der Waals surface area contributed by atoms with E-state index in [0.717, 1.165) is 24.0 Å². The summed E-state index contributed by atoms with van der Waals surface area (Å²) in [4.78, 5) is 0. The van der Waals surface area contributed by atoms with E-state index < -0.39 is 24.0 Å². The van der Waals surface area contributed by atoms with Crippen LogP contribution in [0.2, 0.25) is 0 Å². The van der Waals surface area contributed by atoms with E-state index in [-0.39, 0.29) is 5.60 Å². The first-order valence-corrected chi connectivity index (χ1v) is 8.58. The molecule has 1 saturated heterocycles. The zero-order chi connectivity index (χ0) is 17.6. The molecule has 1 heterocycles. The Morgan fingerprint density at radius 3 is 2.04 bits per heavy atom. The van der Waals surface area contributed by atoms with Crippen molar-refractivity contribution in [2.45, 2.75) is 63.8 Å². The Morgan fingerprint density at radius 1 is 1.08 bits per heavy atom. The van der Waals surface area contributed by atoms with Crippen LogP contribution in [-0.2, 0) is 19.6 Å². The van der Waals surface area contributed by atoms with E-state index in [1.807, 2.05) is 52.0 Å². The molecule has 0 amide bonds. The summed E-state index contributed by atoms with van der Waals surface area (Å²) in [5, 5.41) is 0. The molecular weight excluding hydrogens is 306 g/mol. The van der Waals surface area contributed by atoms with Gasteiger partial charge in [-0.15, -0.1) is 0 Å². The van der Waals surface area contributed by atoms with Crippen molar-refractivity contribution >= 4 is 13.2 Å². The Balaban J connectivity index is 1.75. The molecule has 0 aromatic heterocycles. The van der Waals surface area contributed by atoms with Crippen LogP contribution in [0.3, 0.4) is 0 Å². The second kappa shape index (κ2) is 5.97. The first kappa shape index (κ1) is 17.7. The van der Waals surface area contributed by atoms with Crippen LogP contribution < -0.4 is 0 Å². The van der Waals surface area contributed by atoms with Gasteiger partial charge in [-0.25, -0.2) is 4.39 Å². The minimum absolute atomic E-state index is 0.146. The molecule has 3 nitrogen and oxygen atoms in total. The van der Waals surface area contributed by atoms with Gasteiger partial charge in [0.05, 0.1) is 16.8 Å². The third kappa shape index (κ3) is 2.94. The van der Waals surface area contributed by atoms with Crippen molar-refractivity contribution in [2.75, 3.05) is 7.11 Å². The Kier molecular flexibility index (Phi) is 4.39. The molecule has 1 aliphatic carbocycles. The van der Waals surface area contributed by atoms with Crippen molar-refractivity contribution in [1.82, 2.24) is 0 Å². The number of methoxy groups -OCH3 is 1. The largest absolute Gasteiger partial charge is 0.525 e. The molecule has 1 aromatic carbocycles. The Labute approximate surface area is 144 Å². The SMILES string of the molecule is COC1(c2ccc(C=C(F)B3OC(C)(C)C(C)(C)O3)cc2)CCC1. The van der Waals surface area contributed by atoms with Gasteiger partial charge in [0.25, 0.3) is 0 Å². The van der Waals surface area contributed by atoms with Crippen LogP contribution in [-0.4, -0.2) is 25.4 Å². The third-order valence-electron chi connectivity index (χ3n) is 5.77. The molecule has 24 heavy (non-hydrogen) atoms. The molecule has 130 valence electrons. The minimum Gasteiger partial charge on any atom is -0.398 e. The minimum atomic E-state index is -0.952. The summed E-state index contributed by atoms with van der Waals surface area (Å²) >= 11 is 0. The summed E-state index contributed by atoms with van der Waals surface area (Å²) in [6, 6.07) is 7.87. The lowest BCUT2D eigenvalue weighted by atomic mass is 9.74. The molecule has 0 spiro atoms. The molecule has 0 unspecified atom stereocenters. The van der Waals surface area contributed by atoms with Crippen molar-refractivity contribution in [3.63, 3.8) is 0 Å². The van der Waals surface area contributed by atoms with Crippen LogP contribution in [0.25, 0.3) is 6.08 Å². The zero-order valence-electron chi connectivity index (χ0n) is 15.2. The fourth-order valence-corrected chi connectivity index (χ4v) is 3.17. The summed E-state index contributed by atoms with van der Waals surface area (Å²) in [5.74, 6) is 0. The Hall–Kier alpha value is -1.17. The normalized spacial score (nSPS) is 24.8. The molecule has 0 radical (unpaired) electrons. The summed E-state index contributed by atoms with van der Waals surface area (Å²) in [6.45, 7) is 7.66. The van der Waals surface area contributed by atoms with E-state index in [1.165, 1.54) is 12.5 Å². The number of hydrogen-bond acceptors (Lipinski definition) is 3. The number of hydrogen-bond donors (Lipinski definition) is 0. The van der Waals surface area contributed by atoms with Gasteiger partial charge in [-0.3, -0.25) is 0 Å². The van der Waals surface area contributed by atoms with Gasteiger partial charge >= 0.3 is 7.12 Å². The van der Waals surface area contributed by atoms with Crippen LogP contribution in [0.15, 0.2) is 30.0 Å². The molecule has 5 heteroatoms. The molecule has 3 rings (SSSR count). The highest BCUT2D eigenvalue weighted by Crippen LogP contribution is 2.44. The summed E-state index contributed by atoms with van der Waals surface area (Å²) in [5.41, 5.74) is 0.309. The maximum atomic E-state index is 14.5. The molecule has 0 bridgehead atoms. The smallest absolute Gasteiger partial charge is 0.398 e. The fourth-order valence-electron chi connectivity index (χ4n) is 3.17. The van der Waals surface area contributed by atoms with Crippen molar-refractivity contribution in [2.24, 2.45) is 0 Å². The predicted octanol–water partition coefficient (Wildman–Crippen LogP) is 4.65. The molecule has 1 aromatic rings. The second-order valence-electron chi connectivity index (χ2n) is 7.79. The van der Waals surface area contributed by atoms with Crippen LogP contribution in [0, 0.1) is 0 Å². The van der Waals surface area contributed by atoms with Crippen molar-refractivity contribution in [3.05, 3.63) is 41.1 Å². The van der Waals surface area contributed by atoms with Gasteiger partial charge in [0.1, 0.15) is 5.73 Å². The van der Waals surface area contributed by atoms with Crippen LogP contribution in [0.1, 0.15) is 58.1 Å². The maximum Gasteiger partial charge on any atom is 0.525 e. The highest BCUT2D eigenvalue weighted by molar-refractivity contribution is 6.54. The van der Waals surface area contributed by atoms with E-state index in [1.54, 1.807) is 7.11 Å². The number of ether oxygens (including phenoxy) is 1. The van der Waals surface area contributed by atoms with E-state index in [4.69, 9.17) is 14.0 Å². The monoisotopic (exact) mass is 332 g/mol. The van der Waals surface area contributed by atoms with Gasteiger partial charge in [-0.1, -0.05) is 24.3 Å². The van der Waals surface area contributed by atoms with Gasteiger partial charge in [0.15, 0.2) is 0 Å². The van der Waals surface area contributed by atoms with Crippen LogP contribution >= 0.6 is 0 Å². The molecule has 0 atom stereocenters. The van der Waals surface area contributed by atoms with Crippen molar-refractivity contribution < 1.29 is 18.4 Å². The van der Waals surface area contributed by atoms with Gasteiger partial charge in [0.2, 0.25) is 0 Å². The lowest BCUT2D eigenvalue weighted by molar-refractivity contribution is -0.0778. The second-order valence-corrected chi connectivity index (χ2v) is 7.79. The first-order valence-electron chi connectivity index (χ1n) is 8.58. The van der Waals surface area contributed by atoms with E-state index in [0.29, 0.717) is 0 Å². The maximum absolute atomic E-state index is 14.5. The zero-order valence-corrected chi connectivity index (χ0v) is 15.2. The van der Waals surface area contributed by atoms with Gasteiger partial charge in [-0.2, -0.15) is 0 Å².